The highest BCUT2D eigenvalue weighted by molar-refractivity contribution is 4.92. The van der Waals surface area contributed by atoms with Crippen LogP contribution in [0.4, 0.5) is 74.6 Å². The first-order valence-corrected chi connectivity index (χ1v) is 6.36. The van der Waals surface area contributed by atoms with E-state index in [4.69, 9.17) is 15.3 Å². The molecule has 0 rings (SSSR count). The topological polar surface area (TPSA) is 88.4 Å². The quantitative estimate of drug-likeness (QED) is 0.355. The van der Waals surface area contributed by atoms with Gasteiger partial charge >= 0.3 is 54.7 Å². The first-order valence-electron chi connectivity index (χ1n) is 6.36. The Morgan fingerprint density at radius 2 is 0.500 bits per heavy atom. The van der Waals surface area contributed by atoms with Crippen molar-refractivity contribution in [2.24, 2.45) is 0 Å². The molecule has 0 bridgehead atoms. The van der Waals surface area contributed by atoms with Gasteiger partial charge in [0.15, 0.2) is 0 Å². The van der Waals surface area contributed by atoms with Crippen molar-refractivity contribution in [2.45, 2.75) is 54.7 Å². The molecule has 0 saturated carbocycles. The van der Waals surface area contributed by atoms with Crippen LogP contribution in [0.1, 0.15) is 0 Å². The molecule has 6 nitrogen and oxygen atoms in total. The molecule has 0 amide bonds. The van der Waals surface area contributed by atoms with Gasteiger partial charge in [-0.2, -0.15) is 74.6 Å². The lowest BCUT2D eigenvalue weighted by Crippen LogP contribution is -2.69. The Bertz CT molecular complexity index is 621. The van der Waals surface area contributed by atoms with Gasteiger partial charge in [-0.3, -0.25) is 4.74 Å². The van der Waals surface area contributed by atoms with Crippen molar-refractivity contribution >= 4 is 0 Å². The Balaban J connectivity index is 6.81. The molecular weight excluding hydrogens is 527 g/mol. The lowest BCUT2D eigenvalue weighted by molar-refractivity contribution is -0.594. The molecule has 0 aromatic heterocycles. The number of alkyl halides is 17. The molecule has 23 heteroatoms. The van der Waals surface area contributed by atoms with Gasteiger partial charge in [-0.1, -0.05) is 0 Å². The van der Waals surface area contributed by atoms with E-state index in [-0.39, 0.29) is 0 Å². The van der Waals surface area contributed by atoms with Crippen LogP contribution in [0.25, 0.3) is 0 Å². The summed E-state index contributed by atoms with van der Waals surface area (Å²) in [5.41, 5.74) is 0. The SMILES string of the molecule is OC(F)(F)C(F)(F)OC(F)(F)C(F)(OC(F)(F)C(O)(F)F)C(F)(F)OC(F)(F)C(O)(F)F. The van der Waals surface area contributed by atoms with Gasteiger partial charge in [0.25, 0.3) is 0 Å². The maximum Gasteiger partial charge on any atom is 0.452 e. The highest BCUT2D eigenvalue weighted by Gasteiger charge is 2.84. The lowest BCUT2D eigenvalue weighted by atomic mass is 10.2. The van der Waals surface area contributed by atoms with Crippen LogP contribution >= 0.6 is 0 Å². The van der Waals surface area contributed by atoms with Gasteiger partial charge in [-0.25, -0.2) is 9.47 Å². The second-order valence-electron chi connectivity index (χ2n) is 5.11. The summed E-state index contributed by atoms with van der Waals surface area (Å²) in [4.78, 5) is 0. The first kappa shape index (κ1) is 30.6. The minimum Gasteiger partial charge on any atom is -0.329 e. The summed E-state index contributed by atoms with van der Waals surface area (Å²) in [7, 11) is 0. The van der Waals surface area contributed by atoms with E-state index in [1.165, 1.54) is 14.2 Å². The van der Waals surface area contributed by atoms with Crippen molar-refractivity contribution < 1.29 is 104 Å². The van der Waals surface area contributed by atoms with Crippen LogP contribution in [0.2, 0.25) is 0 Å². The number of hydrogen-bond donors (Lipinski definition) is 3. The van der Waals surface area contributed by atoms with Crippen molar-refractivity contribution in [3.05, 3.63) is 0 Å². The normalized spacial score (nSPS) is 16.5. The Morgan fingerprint density at radius 1 is 0.312 bits per heavy atom. The van der Waals surface area contributed by atoms with Gasteiger partial charge in [-0.15, -0.1) is 0 Å². The largest absolute Gasteiger partial charge is 0.452 e. The van der Waals surface area contributed by atoms with Gasteiger partial charge in [0.1, 0.15) is 0 Å². The fraction of sp³-hybridized carbons (Fsp3) is 1.00. The van der Waals surface area contributed by atoms with E-state index in [9.17, 15) is 74.6 Å². The van der Waals surface area contributed by atoms with Gasteiger partial charge in [0.2, 0.25) is 0 Å². The summed E-state index contributed by atoms with van der Waals surface area (Å²) < 4.78 is 221. The van der Waals surface area contributed by atoms with Gasteiger partial charge in [-0.05, 0) is 0 Å². The second-order valence-corrected chi connectivity index (χ2v) is 5.11. The van der Waals surface area contributed by atoms with E-state index in [1.54, 1.807) is 0 Å². The molecule has 194 valence electrons. The summed E-state index contributed by atoms with van der Waals surface area (Å²) >= 11 is 0. The number of halogens is 17. The van der Waals surface area contributed by atoms with E-state index in [0.29, 0.717) is 0 Å². The number of rotatable bonds is 11. The molecule has 0 saturated heterocycles. The molecular formula is C9H3F17O6. The van der Waals surface area contributed by atoms with Crippen molar-refractivity contribution in [3.63, 3.8) is 0 Å². The Kier molecular flexibility index (Phi) is 7.47. The zero-order chi connectivity index (χ0) is 26.6. The third-order valence-corrected chi connectivity index (χ3v) is 2.58. The minimum absolute atomic E-state index is 1.32. The van der Waals surface area contributed by atoms with Crippen LogP contribution in [0.15, 0.2) is 0 Å². The smallest absolute Gasteiger partial charge is 0.329 e. The third-order valence-electron chi connectivity index (χ3n) is 2.58. The van der Waals surface area contributed by atoms with Crippen LogP contribution in [-0.4, -0.2) is 70.0 Å². The van der Waals surface area contributed by atoms with Crippen LogP contribution in [-0.2, 0) is 14.2 Å². The molecule has 0 aliphatic rings. The summed E-state index contributed by atoms with van der Waals surface area (Å²) in [5, 5.41) is 22.7. The highest BCUT2D eigenvalue weighted by Crippen LogP contribution is 2.55. The summed E-state index contributed by atoms with van der Waals surface area (Å²) in [6.07, 6.45) is -59.3. The molecule has 0 unspecified atom stereocenters. The zero-order valence-corrected chi connectivity index (χ0v) is 13.5. The van der Waals surface area contributed by atoms with E-state index < -0.39 is 54.7 Å². The van der Waals surface area contributed by atoms with E-state index >= 15 is 0 Å². The molecule has 0 atom stereocenters. The zero-order valence-electron chi connectivity index (χ0n) is 13.5. The van der Waals surface area contributed by atoms with E-state index in [1.807, 2.05) is 0 Å². The molecule has 0 fully saturated rings. The van der Waals surface area contributed by atoms with Crippen molar-refractivity contribution in [1.82, 2.24) is 0 Å². The van der Waals surface area contributed by atoms with Crippen molar-refractivity contribution in [1.29, 1.82) is 0 Å². The maximum atomic E-state index is 14.0. The predicted molar refractivity (Wildman–Crippen MR) is 53.3 cm³/mol. The number of aliphatic hydroxyl groups is 3. The van der Waals surface area contributed by atoms with E-state index in [2.05, 4.69) is 0 Å². The van der Waals surface area contributed by atoms with Crippen LogP contribution in [0.5, 0.6) is 0 Å². The summed E-state index contributed by atoms with van der Waals surface area (Å²) in [5.74, 6) is -8.17. The minimum atomic E-state index is -8.17. The Morgan fingerprint density at radius 3 is 0.688 bits per heavy atom. The number of ether oxygens (including phenoxy) is 3. The molecule has 0 heterocycles. The second kappa shape index (κ2) is 7.82. The molecule has 3 N–H and O–H groups in total. The fourth-order valence-electron chi connectivity index (χ4n) is 1.10. The van der Waals surface area contributed by atoms with Gasteiger partial charge < -0.3 is 15.3 Å². The molecule has 0 spiro atoms. The first-order chi connectivity index (χ1) is 13.4. The van der Waals surface area contributed by atoms with E-state index in [0.717, 1.165) is 0 Å². The van der Waals surface area contributed by atoms with Crippen molar-refractivity contribution in [3.8, 4) is 0 Å². The number of hydrogen-bond acceptors (Lipinski definition) is 6. The molecule has 0 aliphatic carbocycles. The van der Waals surface area contributed by atoms with Crippen LogP contribution in [0, 0.1) is 0 Å². The van der Waals surface area contributed by atoms with Gasteiger partial charge in [0.05, 0.1) is 0 Å². The van der Waals surface area contributed by atoms with Gasteiger partial charge in [0, 0.05) is 0 Å². The molecule has 32 heavy (non-hydrogen) atoms. The Labute approximate surface area is 160 Å². The molecule has 0 aliphatic heterocycles. The average molecular weight is 530 g/mol. The standard InChI is InChI=1S/C9H3F17O6/c10-1(30-7(21,22)2(11,12)27,5(17,18)31-8(23,24)3(13,14)28)6(19,20)32-9(25,26)4(15,16)29/h27-29H. The molecule has 0 aromatic rings. The van der Waals surface area contributed by atoms with Crippen LogP contribution < -0.4 is 0 Å². The summed E-state index contributed by atoms with van der Waals surface area (Å²) in [6.45, 7) is 0. The molecule has 0 aromatic carbocycles. The highest BCUT2D eigenvalue weighted by atomic mass is 19.4. The molecule has 0 radical (unpaired) electrons. The maximum absolute atomic E-state index is 14.0. The lowest BCUT2D eigenvalue weighted by Gasteiger charge is -2.41. The average Bonchev–Trinajstić information content (AvgIpc) is 2.40. The fourth-order valence-corrected chi connectivity index (χ4v) is 1.10. The monoisotopic (exact) mass is 530 g/mol. The third kappa shape index (κ3) is 5.73. The Hall–Kier alpha value is -1.43. The predicted octanol–water partition coefficient (Wildman–Crippen LogP) is 3.42. The summed E-state index contributed by atoms with van der Waals surface area (Å²) in [6, 6.07) is 0. The van der Waals surface area contributed by atoms with Crippen LogP contribution in [0.3, 0.4) is 0 Å². The van der Waals surface area contributed by atoms with Crippen molar-refractivity contribution in [2.75, 3.05) is 0 Å².